The van der Waals surface area contributed by atoms with Crippen molar-refractivity contribution < 1.29 is 14.7 Å². The Bertz CT molecular complexity index is 415. The third-order valence-electron chi connectivity index (χ3n) is 3.39. The maximum Gasteiger partial charge on any atom is 0.274 e. The number of rotatable bonds is 6. The Morgan fingerprint density at radius 2 is 1.82 bits per heavy atom. The number of halogens is 2. The van der Waals surface area contributed by atoms with E-state index in [0.29, 0.717) is 12.1 Å². The molecule has 0 saturated carbocycles. The van der Waals surface area contributed by atoms with Gasteiger partial charge in [0.25, 0.3) is 5.91 Å². The number of piperidine rings is 1. The molecule has 7 heteroatoms. The molecule has 1 aromatic carbocycles. The number of aliphatic hydroxyl groups is 1. The number of carbonyl (C=O) groups is 1. The lowest BCUT2D eigenvalue weighted by atomic mass is 10.1. The average Bonchev–Trinajstić information content (AvgIpc) is 2.49. The molecule has 1 heterocycles. The van der Waals surface area contributed by atoms with E-state index >= 15 is 0 Å². The zero-order valence-electron chi connectivity index (χ0n) is 12.4. The highest BCUT2D eigenvalue weighted by atomic mass is 35.5. The minimum Gasteiger partial charge on any atom is -0.389 e. The predicted molar refractivity (Wildman–Crippen MR) is 90.7 cm³/mol. The van der Waals surface area contributed by atoms with Gasteiger partial charge in [-0.15, -0.1) is 24.8 Å². The van der Waals surface area contributed by atoms with E-state index in [4.69, 9.17) is 4.84 Å². The molecule has 0 radical (unpaired) electrons. The number of benzene rings is 1. The van der Waals surface area contributed by atoms with Crippen molar-refractivity contribution in [2.75, 3.05) is 26.2 Å². The van der Waals surface area contributed by atoms with Gasteiger partial charge in [0.15, 0.2) is 0 Å². The fraction of sp³-hybridized carbons (Fsp3) is 0.533. The van der Waals surface area contributed by atoms with Crippen LogP contribution in [0.1, 0.15) is 29.6 Å². The summed E-state index contributed by atoms with van der Waals surface area (Å²) in [6.45, 7) is 2.77. The Balaban J connectivity index is 0.00000220. The Kier molecular flexibility index (Phi) is 11.2. The molecule has 126 valence electrons. The van der Waals surface area contributed by atoms with Crippen LogP contribution in [0.15, 0.2) is 30.3 Å². The van der Waals surface area contributed by atoms with Crippen molar-refractivity contribution in [3.63, 3.8) is 0 Å². The molecule has 5 nitrogen and oxygen atoms in total. The molecule has 1 aromatic rings. The second-order valence-electron chi connectivity index (χ2n) is 5.12. The molecule has 0 bridgehead atoms. The Labute approximate surface area is 143 Å². The number of likely N-dealkylation sites (tertiary alicyclic amines) is 1. The molecule has 1 unspecified atom stereocenters. The van der Waals surface area contributed by atoms with Crippen LogP contribution in [-0.4, -0.2) is 48.3 Å². The summed E-state index contributed by atoms with van der Waals surface area (Å²) >= 11 is 0. The minimum atomic E-state index is -0.579. The van der Waals surface area contributed by atoms with Gasteiger partial charge in [-0.25, -0.2) is 5.48 Å². The smallest absolute Gasteiger partial charge is 0.274 e. The molecule has 1 saturated heterocycles. The molecule has 1 aliphatic rings. The fourth-order valence-electron chi connectivity index (χ4n) is 2.34. The number of carbonyl (C=O) groups excluding carboxylic acids is 1. The van der Waals surface area contributed by atoms with E-state index in [-0.39, 0.29) is 37.3 Å². The maximum atomic E-state index is 11.7. The summed E-state index contributed by atoms with van der Waals surface area (Å²) in [5.74, 6) is -0.296. The van der Waals surface area contributed by atoms with Gasteiger partial charge >= 0.3 is 0 Å². The van der Waals surface area contributed by atoms with E-state index in [9.17, 15) is 9.90 Å². The number of hydroxylamine groups is 1. The lowest BCUT2D eigenvalue weighted by Gasteiger charge is -2.28. The fourth-order valence-corrected chi connectivity index (χ4v) is 2.34. The van der Waals surface area contributed by atoms with Gasteiger partial charge in [0.05, 0.1) is 6.10 Å². The highest BCUT2D eigenvalue weighted by Gasteiger charge is 2.15. The summed E-state index contributed by atoms with van der Waals surface area (Å²) in [6.07, 6.45) is 3.08. The molecule has 1 aliphatic heterocycles. The van der Waals surface area contributed by atoms with Gasteiger partial charge in [-0.1, -0.05) is 24.6 Å². The predicted octanol–water partition coefficient (Wildman–Crippen LogP) is 2.04. The number of amides is 1. The first-order chi connectivity index (χ1) is 9.75. The third kappa shape index (κ3) is 7.42. The monoisotopic (exact) mass is 350 g/mol. The normalized spacial score (nSPS) is 16.0. The van der Waals surface area contributed by atoms with Gasteiger partial charge in [0.1, 0.15) is 6.61 Å². The van der Waals surface area contributed by atoms with Crippen molar-refractivity contribution in [1.82, 2.24) is 10.4 Å². The molecule has 0 aliphatic carbocycles. The summed E-state index contributed by atoms with van der Waals surface area (Å²) in [5.41, 5.74) is 2.89. The minimum absolute atomic E-state index is 0. The Hall–Kier alpha value is -0.850. The van der Waals surface area contributed by atoms with Crippen LogP contribution in [0.3, 0.4) is 0 Å². The number of hydrogen-bond donors (Lipinski definition) is 2. The average molecular weight is 351 g/mol. The number of nitrogens with zero attached hydrogens (tertiary/aromatic N) is 1. The van der Waals surface area contributed by atoms with Crippen molar-refractivity contribution in [3.05, 3.63) is 35.9 Å². The summed E-state index contributed by atoms with van der Waals surface area (Å²) in [7, 11) is 0. The number of β-amino-alcohol motifs (C(OH)–C–C–N with tert-alkyl or cyclic N) is 1. The van der Waals surface area contributed by atoms with Crippen LogP contribution in [0.4, 0.5) is 0 Å². The first kappa shape index (κ1) is 21.1. The lowest BCUT2D eigenvalue weighted by Crippen LogP contribution is -2.39. The standard InChI is InChI=1S/C15H22N2O3.2ClH/c18-14(11-17-9-5-2-6-10-17)12-20-16-15(19)13-7-3-1-4-8-13;;/h1,3-4,7-8,14,18H,2,5-6,9-12H2,(H,16,19);2*1H. The molecular weight excluding hydrogens is 327 g/mol. The van der Waals surface area contributed by atoms with Gasteiger partial charge in [-0.2, -0.15) is 0 Å². The molecule has 0 spiro atoms. The maximum absolute atomic E-state index is 11.7. The highest BCUT2D eigenvalue weighted by Crippen LogP contribution is 2.08. The molecule has 1 atom stereocenters. The molecule has 22 heavy (non-hydrogen) atoms. The van der Waals surface area contributed by atoms with E-state index in [1.807, 2.05) is 6.07 Å². The van der Waals surface area contributed by atoms with E-state index < -0.39 is 6.10 Å². The topological polar surface area (TPSA) is 61.8 Å². The summed E-state index contributed by atoms with van der Waals surface area (Å²) < 4.78 is 0. The van der Waals surface area contributed by atoms with Crippen LogP contribution in [0, 0.1) is 0 Å². The number of hydrogen-bond acceptors (Lipinski definition) is 4. The van der Waals surface area contributed by atoms with Crippen LogP contribution >= 0.6 is 24.8 Å². The Morgan fingerprint density at radius 3 is 2.45 bits per heavy atom. The van der Waals surface area contributed by atoms with Crippen LogP contribution in [0.2, 0.25) is 0 Å². The van der Waals surface area contributed by atoms with Gasteiger partial charge in [-0.05, 0) is 38.1 Å². The van der Waals surface area contributed by atoms with Crippen LogP contribution in [0.25, 0.3) is 0 Å². The zero-order valence-corrected chi connectivity index (χ0v) is 14.1. The molecular formula is C15H24Cl2N2O3. The number of aliphatic hydroxyl groups excluding tert-OH is 1. The Morgan fingerprint density at radius 1 is 1.18 bits per heavy atom. The first-order valence-electron chi connectivity index (χ1n) is 7.13. The molecule has 2 N–H and O–H groups in total. The zero-order chi connectivity index (χ0) is 14.2. The SMILES string of the molecule is Cl.Cl.O=C(NOCC(O)CN1CCCCC1)c1ccccc1. The highest BCUT2D eigenvalue weighted by molar-refractivity contribution is 5.93. The molecule has 1 fully saturated rings. The van der Waals surface area contributed by atoms with Crippen molar-refractivity contribution in [2.24, 2.45) is 0 Å². The largest absolute Gasteiger partial charge is 0.389 e. The summed E-state index contributed by atoms with van der Waals surface area (Å²) in [4.78, 5) is 19.0. The van der Waals surface area contributed by atoms with Crippen molar-refractivity contribution in [3.8, 4) is 0 Å². The van der Waals surface area contributed by atoms with Crippen molar-refractivity contribution >= 4 is 30.7 Å². The van der Waals surface area contributed by atoms with E-state index in [1.54, 1.807) is 24.3 Å². The van der Waals surface area contributed by atoms with Crippen molar-refractivity contribution in [1.29, 1.82) is 0 Å². The van der Waals surface area contributed by atoms with Crippen molar-refractivity contribution in [2.45, 2.75) is 25.4 Å². The van der Waals surface area contributed by atoms with Crippen LogP contribution < -0.4 is 5.48 Å². The summed E-state index contributed by atoms with van der Waals surface area (Å²) in [5, 5.41) is 9.87. The van der Waals surface area contributed by atoms with Gasteiger partial charge < -0.3 is 10.0 Å². The second kappa shape index (κ2) is 11.7. The molecule has 1 amide bonds. The van der Waals surface area contributed by atoms with Crippen LogP contribution in [0.5, 0.6) is 0 Å². The second-order valence-corrected chi connectivity index (χ2v) is 5.12. The van der Waals surface area contributed by atoms with Gasteiger partial charge in [-0.3, -0.25) is 9.63 Å². The van der Waals surface area contributed by atoms with Gasteiger partial charge in [0, 0.05) is 12.1 Å². The van der Waals surface area contributed by atoms with Crippen LogP contribution in [-0.2, 0) is 4.84 Å². The van der Waals surface area contributed by atoms with E-state index in [2.05, 4.69) is 10.4 Å². The third-order valence-corrected chi connectivity index (χ3v) is 3.39. The quantitative estimate of drug-likeness (QED) is 0.770. The van der Waals surface area contributed by atoms with E-state index in [1.165, 1.54) is 19.3 Å². The van der Waals surface area contributed by atoms with E-state index in [0.717, 1.165) is 13.1 Å². The first-order valence-corrected chi connectivity index (χ1v) is 7.13. The molecule has 0 aromatic heterocycles. The summed E-state index contributed by atoms with van der Waals surface area (Å²) in [6, 6.07) is 8.85. The molecule has 2 rings (SSSR count). The number of nitrogens with one attached hydrogen (secondary N) is 1. The lowest BCUT2D eigenvalue weighted by molar-refractivity contribution is -0.0242. The van der Waals surface area contributed by atoms with Gasteiger partial charge in [0.2, 0.25) is 0 Å².